The molecule has 196 valence electrons. The van der Waals surface area contributed by atoms with Crippen LogP contribution in [0.4, 0.5) is 4.79 Å². The third-order valence-electron chi connectivity index (χ3n) is 7.93. The Hall–Kier alpha value is -1.83. The Labute approximate surface area is 205 Å². The zero-order chi connectivity index (χ0) is 25.7. The summed E-state index contributed by atoms with van der Waals surface area (Å²) in [6, 6.07) is -1.93. The van der Waals surface area contributed by atoms with E-state index in [0.29, 0.717) is 13.2 Å². The number of carbonyl (C=O) groups is 3. The molecular weight excluding hydrogens is 434 g/mol. The van der Waals surface area contributed by atoms with Gasteiger partial charge in [0.25, 0.3) is 0 Å². The largest absolute Gasteiger partial charge is 0.467 e. The van der Waals surface area contributed by atoms with Gasteiger partial charge in [-0.3, -0.25) is 4.79 Å². The highest BCUT2D eigenvalue weighted by Crippen LogP contribution is 2.41. The fourth-order valence-corrected chi connectivity index (χ4v) is 5.54. The van der Waals surface area contributed by atoms with Crippen LogP contribution >= 0.6 is 0 Å². The van der Waals surface area contributed by atoms with Gasteiger partial charge in [-0.2, -0.15) is 0 Å². The SMILES string of the molecule is COC[C@@H](NC(=O)N[C@H](C(=O)N1CCC(C(C)C)[C@H]1C(=O)OC)C1(C)CCCCC1)C(C)(C)C. The molecule has 0 aromatic rings. The second-order valence-electron chi connectivity index (χ2n) is 11.8. The van der Waals surface area contributed by atoms with E-state index < -0.39 is 12.1 Å². The number of hydrogen-bond acceptors (Lipinski definition) is 5. The van der Waals surface area contributed by atoms with Crippen LogP contribution in [0, 0.1) is 22.7 Å². The van der Waals surface area contributed by atoms with Gasteiger partial charge >= 0.3 is 12.0 Å². The number of carbonyl (C=O) groups excluding carboxylic acids is 3. The normalized spacial score (nSPS) is 24.4. The number of ether oxygens (including phenoxy) is 2. The summed E-state index contributed by atoms with van der Waals surface area (Å²) in [5, 5.41) is 6.06. The number of nitrogens with one attached hydrogen (secondary N) is 2. The molecule has 8 heteroatoms. The fraction of sp³-hybridized carbons (Fsp3) is 0.885. The molecule has 3 amide bonds. The maximum atomic E-state index is 14.0. The van der Waals surface area contributed by atoms with E-state index in [1.807, 2.05) is 20.8 Å². The van der Waals surface area contributed by atoms with E-state index in [2.05, 4.69) is 31.4 Å². The lowest BCUT2D eigenvalue weighted by Gasteiger charge is -2.43. The molecular formula is C26H47N3O5. The van der Waals surface area contributed by atoms with Crippen molar-refractivity contribution in [1.29, 1.82) is 0 Å². The van der Waals surface area contributed by atoms with Crippen LogP contribution in [0.15, 0.2) is 0 Å². The minimum atomic E-state index is -0.714. The summed E-state index contributed by atoms with van der Waals surface area (Å²) in [5.74, 6) is -0.285. The number of rotatable bonds is 8. The number of amides is 3. The molecule has 0 radical (unpaired) electrons. The number of urea groups is 1. The fourth-order valence-electron chi connectivity index (χ4n) is 5.54. The van der Waals surface area contributed by atoms with Gasteiger partial charge in [-0.1, -0.05) is 60.8 Å². The van der Waals surface area contributed by atoms with E-state index in [-0.39, 0.29) is 46.6 Å². The van der Waals surface area contributed by atoms with Crippen molar-refractivity contribution in [2.75, 3.05) is 27.4 Å². The summed E-state index contributed by atoms with van der Waals surface area (Å²) in [7, 11) is 2.98. The van der Waals surface area contributed by atoms with Crippen LogP contribution in [0.3, 0.4) is 0 Å². The van der Waals surface area contributed by atoms with Crippen LogP contribution in [0.2, 0.25) is 0 Å². The Morgan fingerprint density at radius 1 is 1.06 bits per heavy atom. The minimum absolute atomic E-state index is 0.0389. The number of nitrogens with zero attached hydrogens (tertiary/aromatic N) is 1. The zero-order valence-electron chi connectivity index (χ0n) is 22.5. The van der Waals surface area contributed by atoms with Crippen LogP contribution in [0.25, 0.3) is 0 Å². The summed E-state index contributed by atoms with van der Waals surface area (Å²) < 4.78 is 10.4. The van der Waals surface area contributed by atoms with Crippen molar-refractivity contribution in [3.63, 3.8) is 0 Å². The third-order valence-corrected chi connectivity index (χ3v) is 7.93. The number of hydrogen-bond donors (Lipinski definition) is 2. The van der Waals surface area contributed by atoms with Gasteiger partial charge in [-0.25, -0.2) is 9.59 Å². The maximum Gasteiger partial charge on any atom is 0.328 e. The van der Waals surface area contributed by atoms with E-state index in [0.717, 1.165) is 38.5 Å². The first kappa shape index (κ1) is 28.4. The van der Waals surface area contributed by atoms with Crippen molar-refractivity contribution in [3.8, 4) is 0 Å². The number of likely N-dealkylation sites (tertiary alicyclic amines) is 1. The lowest BCUT2D eigenvalue weighted by Crippen LogP contribution is -2.62. The van der Waals surface area contributed by atoms with E-state index in [1.54, 1.807) is 12.0 Å². The molecule has 1 heterocycles. The molecule has 4 atom stereocenters. The molecule has 2 N–H and O–H groups in total. The van der Waals surface area contributed by atoms with Crippen molar-refractivity contribution in [3.05, 3.63) is 0 Å². The van der Waals surface area contributed by atoms with Crippen molar-refractivity contribution < 1.29 is 23.9 Å². The molecule has 1 saturated heterocycles. The minimum Gasteiger partial charge on any atom is -0.467 e. The molecule has 1 aliphatic heterocycles. The molecule has 0 spiro atoms. The van der Waals surface area contributed by atoms with E-state index >= 15 is 0 Å². The van der Waals surface area contributed by atoms with Crippen molar-refractivity contribution in [2.45, 2.75) is 98.2 Å². The molecule has 1 saturated carbocycles. The lowest BCUT2D eigenvalue weighted by molar-refractivity contribution is -0.154. The molecule has 0 aromatic carbocycles. The molecule has 1 aliphatic carbocycles. The first-order valence-electron chi connectivity index (χ1n) is 12.8. The predicted octanol–water partition coefficient (Wildman–Crippen LogP) is 3.73. The van der Waals surface area contributed by atoms with Crippen LogP contribution in [0.5, 0.6) is 0 Å². The van der Waals surface area contributed by atoms with Gasteiger partial charge in [-0.05, 0) is 41.9 Å². The highest BCUT2D eigenvalue weighted by molar-refractivity contribution is 5.91. The third kappa shape index (κ3) is 6.64. The van der Waals surface area contributed by atoms with Crippen LogP contribution < -0.4 is 10.6 Å². The molecule has 2 fully saturated rings. The van der Waals surface area contributed by atoms with Gasteiger partial charge < -0.3 is 25.0 Å². The number of methoxy groups -OCH3 is 2. The van der Waals surface area contributed by atoms with Gasteiger partial charge in [0.2, 0.25) is 5.91 Å². The van der Waals surface area contributed by atoms with Gasteiger partial charge in [0.05, 0.1) is 19.8 Å². The summed E-state index contributed by atoms with van der Waals surface area (Å²) in [6.07, 6.45) is 5.63. The maximum absolute atomic E-state index is 14.0. The quantitative estimate of drug-likeness (QED) is 0.515. The Bertz CT molecular complexity index is 712. The zero-order valence-corrected chi connectivity index (χ0v) is 22.5. The molecule has 2 rings (SSSR count). The highest BCUT2D eigenvalue weighted by atomic mass is 16.5. The summed E-state index contributed by atoms with van der Waals surface area (Å²) in [5.41, 5.74) is -0.585. The topological polar surface area (TPSA) is 97.0 Å². The van der Waals surface area contributed by atoms with Crippen molar-refractivity contribution in [2.24, 2.45) is 22.7 Å². The molecule has 8 nitrogen and oxygen atoms in total. The molecule has 34 heavy (non-hydrogen) atoms. The Morgan fingerprint density at radius 3 is 2.18 bits per heavy atom. The lowest BCUT2D eigenvalue weighted by atomic mass is 9.70. The molecule has 0 bridgehead atoms. The summed E-state index contributed by atoms with van der Waals surface area (Å²) in [4.78, 5) is 41.6. The monoisotopic (exact) mass is 481 g/mol. The second-order valence-corrected chi connectivity index (χ2v) is 11.8. The molecule has 0 aromatic heterocycles. The first-order valence-corrected chi connectivity index (χ1v) is 12.8. The number of esters is 1. The Balaban J connectivity index is 2.32. The first-order chi connectivity index (χ1) is 15.9. The average Bonchev–Trinajstić information content (AvgIpc) is 3.21. The van der Waals surface area contributed by atoms with Crippen molar-refractivity contribution in [1.82, 2.24) is 15.5 Å². The van der Waals surface area contributed by atoms with Gasteiger partial charge in [-0.15, -0.1) is 0 Å². The van der Waals surface area contributed by atoms with Gasteiger partial charge in [0, 0.05) is 13.7 Å². The van der Waals surface area contributed by atoms with E-state index in [4.69, 9.17) is 9.47 Å². The van der Waals surface area contributed by atoms with Gasteiger partial charge in [0.15, 0.2) is 0 Å². The standard InChI is InChI=1S/C26H47N3O5/c1-17(2)18-12-15-29(20(18)23(31)34-8)22(30)21(26(6)13-10-9-11-14-26)28-24(32)27-19(16-33-7)25(3,4)5/h17-21H,9-16H2,1-8H3,(H2,27,28,32)/t18?,19-,20+,21-/m1/s1. The average molecular weight is 482 g/mol. The smallest absolute Gasteiger partial charge is 0.328 e. The van der Waals surface area contributed by atoms with Crippen LogP contribution in [-0.4, -0.2) is 68.3 Å². The van der Waals surface area contributed by atoms with Crippen LogP contribution in [0.1, 0.15) is 80.1 Å². The predicted molar refractivity (Wildman–Crippen MR) is 132 cm³/mol. The Morgan fingerprint density at radius 2 is 1.68 bits per heavy atom. The highest BCUT2D eigenvalue weighted by Gasteiger charge is 2.49. The summed E-state index contributed by atoms with van der Waals surface area (Å²) in [6.45, 7) is 13.2. The second kappa shape index (κ2) is 11.7. The molecule has 2 aliphatic rings. The molecule has 1 unspecified atom stereocenters. The van der Waals surface area contributed by atoms with Crippen molar-refractivity contribution >= 4 is 17.9 Å². The van der Waals surface area contributed by atoms with Crippen LogP contribution in [-0.2, 0) is 19.1 Å². The van der Waals surface area contributed by atoms with Gasteiger partial charge in [0.1, 0.15) is 12.1 Å². The van der Waals surface area contributed by atoms with E-state index in [1.165, 1.54) is 7.11 Å². The van der Waals surface area contributed by atoms with E-state index in [9.17, 15) is 14.4 Å². The summed E-state index contributed by atoms with van der Waals surface area (Å²) >= 11 is 0. The Kier molecular flexibility index (Phi) is 9.80.